The van der Waals surface area contributed by atoms with Gasteiger partial charge in [0, 0.05) is 29.4 Å². The highest BCUT2D eigenvalue weighted by Crippen LogP contribution is 2.29. The molecule has 1 aromatic heterocycles. The Labute approximate surface area is 95.2 Å². The molecule has 0 unspecified atom stereocenters. The molecule has 16 heavy (non-hydrogen) atoms. The summed E-state index contributed by atoms with van der Waals surface area (Å²) in [7, 11) is 2.15. The number of furan rings is 1. The van der Waals surface area contributed by atoms with Gasteiger partial charge in [-0.3, -0.25) is 0 Å². The first kappa shape index (κ1) is 9.67. The average molecular weight is 213 g/mol. The first-order chi connectivity index (χ1) is 7.84. The van der Waals surface area contributed by atoms with Crippen molar-refractivity contribution in [3.63, 3.8) is 0 Å². The van der Waals surface area contributed by atoms with Gasteiger partial charge in [0.25, 0.3) is 0 Å². The average Bonchev–Trinajstić information content (AvgIpc) is 2.72. The van der Waals surface area contributed by atoms with Crippen LogP contribution in [0.4, 0.5) is 0 Å². The van der Waals surface area contributed by atoms with E-state index in [-0.39, 0.29) is 0 Å². The van der Waals surface area contributed by atoms with Crippen molar-refractivity contribution in [3.8, 4) is 0 Å². The summed E-state index contributed by atoms with van der Waals surface area (Å²) in [5.74, 6) is 1.04. The molecule has 0 amide bonds. The second-order valence-electron chi connectivity index (χ2n) is 4.41. The van der Waals surface area contributed by atoms with Crippen LogP contribution in [-0.2, 0) is 0 Å². The molecule has 1 aliphatic rings. The molecule has 2 nitrogen and oxygen atoms in total. The van der Waals surface area contributed by atoms with Crippen LogP contribution in [0.1, 0.15) is 12.2 Å². The molecule has 0 bridgehead atoms. The maximum atomic E-state index is 5.71. The van der Waals surface area contributed by atoms with Crippen LogP contribution in [0, 0.1) is 0 Å². The third-order valence-electron chi connectivity index (χ3n) is 3.14. The van der Waals surface area contributed by atoms with Gasteiger partial charge in [0.15, 0.2) is 0 Å². The zero-order chi connectivity index (χ0) is 11.0. The van der Waals surface area contributed by atoms with Gasteiger partial charge >= 0.3 is 0 Å². The standard InChI is InChI=1S/C14H15NO/c1-15-8-4-6-11(9-15)14-13-7-3-2-5-12(13)10-16-14/h2-3,5-7,10H,4,8-9H2,1H3. The first-order valence-corrected chi connectivity index (χ1v) is 5.69. The Morgan fingerprint density at radius 2 is 2.12 bits per heavy atom. The molecule has 0 saturated carbocycles. The van der Waals surface area contributed by atoms with E-state index in [0.717, 1.165) is 25.3 Å². The number of nitrogens with zero attached hydrogens (tertiary/aromatic N) is 1. The molecule has 2 heteroatoms. The summed E-state index contributed by atoms with van der Waals surface area (Å²) in [5, 5.41) is 2.41. The van der Waals surface area contributed by atoms with Gasteiger partial charge in [-0.15, -0.1) is 0 Å². The number of benzene rings is 1. The molecule has 3 rings (SSSR count). The molecule has 2 aromatic rings. The molecule has 1 aliphatic heterocycles. The lowest BCUT2D eigenvalue weighted by molar-refractivity contribution is 0.369. The Bertz CT molecular complexity index is 538. The van der Waals surface area contributed by atoms with Crippen LogP contribution < -0.4 is 0 Å². The molecule has 1 aromatic carbocycles. The Morgan fingerprint density at radius 1 is 1.25 bits per heavy atom. The van der Waals surface area contributed by atoms with Gasteiger partial charge < -0.3 is 9.32 Å². The Morgan fingerprint density at radius 3 is 3.00 bits per heavy atom. The summed E-state index contributed by atoms with van der Waals surface area (Å²) < 4.78 is 5.71. The second kappa shape index (κ2) is 3.80. The zero-order valence-electron chi connectivity index (χ0n) is 9.44. The maximum Gasteiger partial charge on any atom is 0.138 e. The fraction of sp³-hybridized carbons (Fsp3) is 0.286. The van der Waals surface area contributed by atoms with Crippen LogP contribution in [0.15, 0.2) is 41.0 Å². The van der Waals surface area contributed by atoms with Gasteiger partial charge in [-0.25, -0.2) is 0 Å². The van der Waals surface area contributed by atoms with Crippen molar-refractivity contribution >= 4 is 16.3 Å². The first-order valence-electron chi connectivity index (χ1n) is 5.69. The highest BCUT2D eigenvalue weighted by atomic mass is 16.3. The van der Waals surface area contributed by atoms with E-state index in [1.165, 1.54) is 16.3 Å². The minimum Gasteiger partial charge on any atom is -0.463 e. The molecule has 0 spiro atoms. The van der Waals surface area contributed by atoms with Crippen LogP contribution in [0.5, 0.6) is 0 Å². The summed E-state index contributed by atoms with van der Waals surface area (Å²) in [6.45, 7) is 2.12. The van der Waals surface area contributed by atoms with Crippen LogP contribution in [0.2, 0.25) is 0 Å². The largest absolute Gasteiger partial charge is 0.463 e. The molecule has 2 heterocycles. The summed E-state index contributed by atoms with van der Waals surface area (Å²) >= 11 is 0. The fourth-order valence-electron chi connectivity index (χ4n) is 2.30. The summed E-state index contributed by atoms with van der Waals surface area (Å²) in [6.07, 6.45) is 5.26. The Balaban J connectivity index is 2.09. The van der Waals surface area contributed by atoms with E-state index >= 15 is 0 Å². The predicted octanol–water partition coefficient (Wildman–Crippen LogP) is 3.15. The van der Waals surface area contributed by atoms with Crippen LogP contribution in [-0.4, -0.2) is 25.0 Å². The van der Waals surface area contributed by atoms with Crippen molar-refractivity contribution in [1.29, 1.82) is 0 Å². The van der Waals surface area contributed by atoms with Crippen molar-refractivity contribution in [2.24, 2.45) is 0 Å². The SMILES string of the molecule is CN1CCC=C(c2occ3ccccc23)C1. The van der Waals surface area contributed by atoms with Gasteiger partial charge in [0.05, 0.1) is 6.26 Å². The number of likely N-dealkylation sites (N-methyl/N-ethyl adjacent to an activating group) is 1. The normalized spacial score (nSPS) is 17.7. The fourth-order valence-corrected chi connectivity index (χ4v) is 2.30. The third kappa shape index (κ3) is 1.55. The molecule has 0 N–H and O–H groups in total. The van der Waals surface area contributed by atoms with E-state index in [1.807, 2.05) is 12.3 Å². The van der Waals surface area contributed by atoms with E-state index < -0.39 is 0 Å². The minimum absolute atomic E-state index is 0.984. The predicted molar refractivity (Wildman–Crippen MR) is 66.3 cm³/mol. The highest BCUT2D eigenvalue weighted by Gasteiger charge is 2.15. The van der Waals surface area contributed by atoms with Crippen LogP contribution in [0.3, 0.4) is 0 Å². The van der Waals surface area contributed by atoms with Crippen molar-refractivity contribution in [2.75, 3.05) is 20.1 Å². The molecule has 0 aliphatic carbocycles. The van der Waals surface area contributed by atoms with Crippen LogP contribution >= 0.6 is 0 Å². The number of hydrogen-bond acceptors (Lipinski definition) is 2. The van der Waals surface area contributed by atoms with E-state index in [1.54, 1.807) is 0 Å². The highest BCUT2D eigenvalue weighted by molar-refractivity contribution is 5.92. The second-order valence-corrected chi connectivity index (χ2v) is 4.41. The quantitative estimate of drug-likeness (QED) is 0.723. The number of fused-ring (bicyclic) bond motifs is 1. The summed E-state index contributed by atoms with van der Waals surface area (Å²) in [4.78, 5) is 2.33. The van der Waals surface area contributed by atoms with Crippen LogP contribution in [0.25, 0.3) is 16.3 Å². The topological polar surface area (TPSA) is 16.4 Å². The minimum atomic E-state index is 0.984. The molecule has 0 radical (unpaired) electrons. The van der Waals surface area contributed by atoms with E-state index in [0.29, 0.717) is 0 Å². The van der Waals surface area contributed by atoms with E-state index in [2.05, 4.69) is 36.2 Å². The third-order valence-corrected chi connectivity index (χ3v) is 3.14. The van der Waals surface area contributed by atoms with Crippen molar-refractivity contribution in [1.82, 2.24) is 4.90 Å². The number of rotatable bonds is 1. The van der Waals surface area contributed by atoms with Gasteiger partial charge in [0.2, 0.25) is 0 Å². The molecule has 0 saturated heterocycles. The van der Waals surface area contributed by atoms with Gasteiger partial charge in [-0.2, -0.15) is 0 Å². The molecular weight excluding hydrogens is 198 g/mol. The Hall–Kier alpha value is -1.54. The zero-order valence-corrected chi connectivity index (χ0v) is 9.44. The lowest BCUT2D eigenvalue weighted by atomic mass is 10.0. The summed E-state index contributed by atoms with van der Waals surface area (Å²) in [5.41, 5.74) is 1.31. The monoisotopic (exact) mass is 213 g/mol. The Kier molecular flexibility index (Phi) is 2.29. The molecular formula is C14H15NO. The van der Waals surface area contributed by atoms with Crippen molar-refractivity contribution in [3.05, 3.63) is 42.4 Å². The van der Waals surface area contributed by atoms with Gasteiger partial charge in [-0.05, 0) is 13.5 Å². The molecule has 0 fully saturated rings. The maximum absolute atomic E-state index is 5.71. The summed E-state index contributed by atoms with van der Waals surface area (Å²) in [6, 6.07) is 8.33. The lowest BCUT2D eigenvalue weighted by Gasteiger charge is -2.21. The van der Waals surface area contributed by atoms with Gasteiger partial charge in [-0.1, -0.05) is 30.3 Å². The van der Waals surface area contributed by atoms with E-state index in [4.69, 9.17) is 4.42 Å². The lowest BCUT2D eigenvalue weighted by Crippen LogP contribution is -2.24. The van der Waals surface area contributed by atoms with E-state index in [9.17, 15) is 0 Å². The molecule has 0 atom stereocenters. The number of hydrogen-bond donors (Lipinski definition) is 0. The van der Waals surface area contributed by atoms with Crippen molar-refractivity contribution in [2.45, 2.75) is 6.42 Å². The van der Waals surface area contributed by atoms with Crippen molar-refractivity contribution < 1.29 is 4.42 Å². The van der Waals surface area contributed by atoms with Gasteiger partial charge in [0.1, 0.15) is 5.76 Å². The molecule has 82 valence electrons. The smallest absolute Gasteiger partial charge is 0.138 e.